The van der Waals surface area contributed by atoms with Gasteiger partial charge in [0.15, 0.2) is 0 Å². The lowest BCUT2D eigenvalue weighted by Gasteiger charge is -2.53. The Morgan fingerprint density at radius 3 is 2.31 bits per heavy atom. The maximum Gasteiger partial charge on any atom is 0.410 e. The summed E-state index contributed by atoms with van der Waals surface area (Å²) >= 11 is 0. The van der Waals surface area contributed by atoms with Gasteiger partial charge in [0.05, 0.1) is 11.3 Å². The van der Waals surface area contributed by atoms with Crippen LogP contribution >= 0.6 is 0 Å². The molecule has 3 aromatic rings. The van der Waals surface area contributed by atoms with Crippen molar-refractivity contribution in [2.45, 2.75) is 58.1 Å². The molecular weight excluding hydrogens is 492 g/mol. The van der Waals surface area contributed by atoms with Gasteiger partial charge in [-0.2, -0.15) is 0 Å². The second-order valence-electron chi connectivity index (χ2n) is 11.6. The smallest absolute Gasteiger partial charge is 0.410 e. The van der Waals surface area contributed by atoms with Crippen LogP contribution in [0.15, 0.2) is 60.9 Å². The van der Waals surface area contributed by atoms with Crippen molar-refractivity contribution < 1.29 is 14.3 Å². The van der Waals surface area contributed by atoms with Crippen LogP contribution in [0.3, 0.4) is 0 Å². The Morgan fingerprint density at radius 2 is 1.67 bits per heavy atom. The minimum absolute atomic E-state index is 0.166. The number of amides is 1. The highest BCUT2D eigenvalue weighted by atomic mass is 16.6. The lowest BCUT2D eigenvalue weighted by atomic mass is 9.67. The van der Waals surface area contributed by atoms with Gasteiger partial charge in [0.25, 0.3) is 0 Å². The zero-order valence-corrected chi connectivity index (χ0v) is 22.7. The molecule has 4 N–H and O–H groups in total. The third-order valence-electron chi connectivity index (χ3n) is 7.34. The molecule has 2 aromatic carbocycles. The summed E-state index contributed by atoms with van der Waals surface area (Å²) in [6.07, 6.45) is 5.13. The van der Waals surface area contributed by atoms with Crippen LogP contribution in [0.5, 0.6) is 11.5 Å². The van der Waals surface area contributed by atoms with E-state index in [1.165, 1.54) is 6.33 Å². The number of hydrogen-bond donors (Lipinski definition) is 3. The normalized spacial score (nSPS) is 16.8. The monoisotopic (exact) mass is 528 g/mol. The van der Waals surface area contributed by atoms with Gasteiger partial charge >= 0.3 is 6.09 Å². The summed E-state index contributed by atoms with van der Waals surface area (Å²) < 4.78 is 11.4. The molecule has 1 aromatic heterocycles. The maximum absolute atomic E-state index is 12.4. The molecule has 39 heavy (non-hydrogen) atoms. The molecule has 0 atom stereocenters. The van der Waals surface area contributed by atoms with Crippen LogP contribution in [0.4, 0.5) is 16.4 Å². The number of ether oxygens (including phenoxy) is 2. The second-order valence-corrected chi connectivity index (χ2v) is 11.6. The van der Waals surface area contributed by atoms with Crippen molar-refractivity contribution >= 4 is 23.4 Å². The molecule has 0 bridgehead atoms. The number of nitrogens with two attached hydrogens (primary N) is 1. The van der Waals surface area contributed by atoms with E-state index in [0.717, 1.165) is 44.5 Å². The third-order valence-corrected chi connectivity index (χ3v) is 7.34. The minimum atomic E-state index is -0.482. The van der Waals surface area contributed by atoms with Crippen molar-refractivity contribution in [1.29, 1.82) is 5.41 Å². The molecule has 1 amide bonds. The Balaban J connectivity index is 1.20. The number of nitrogens with one attached hydrogen (secondary N) is 2. The first-order chi connectivity index (χ1) is 18.6. The number of nitrogen functional groups attached to an aromatic ring is 1. The first-order valence-electron chi connectivity index (χ1n) is 13.4. The van der Waals surface area contributed by atoms with E-state index < -0.39 is 5.60 Å². The number of para-hydroxylation sites is 1. The standard InChI is InChI=1S/C30H36N6O3/c1-29(2,3)39-28(37)36-17-30(18-36)15-13-21(14-16-30)35-27-24(26(32)33-19-34-27)25(31)20-9-11-23(12-10-20)38-22-7-5-4-6-8-22/h4-12,19,21,31H,13-18H2,1-3H3,(H3,32,33,34,35). The molecule has 5 rings (SSSR count). The van der Waals surface area contributed by atoms with E-state index >= 15 is 0 Å². The molecule has 204 valence electrons. The van der Waals surface area contributed by atoms with Crippen molar-refractivity contribution in [1.82, 2.24) is 14.9 Å². The summed E-state index contributed by atoms with van der Waals surface area (Å²) in [5, 5.41) is 12.4. The summed E-state index contributed by atoms with van der Waals surface area (Å²) in [7, 11) is 0. The Kier molecular flexibility index (Phi) is 7.16. The van der Waals surface area contributed by atoms with Crippen LogP contribution in [0.25, 0.3) is 0 Å². The van der Waals surface area contributed by atoms with Crippen LogP contribution in [-0.4, -0.2) is 51.4 Å². The first kappa shape index (κ1) is 26.5. The largest absolute Gasteiger partial charge is 0.457 e. The molecule has 9 nitrogen and oxygen atoms in total. The van der Waals surface area contributed by atoms with Gasteiger partial charge < -0.3 is 25.4 Å². The Bertz CT molecular complexity index is 1320. The van der Waals surface area contributed by atoms with Crippen LogP contribution < -0.4 is 15.8 Å². The molecule has 1 saturated heterocycles. The number of carbonyl (C=O) groups is 1. The van der Waals surface area contributed by atoms with Gasteiger partial charge in [-0.3, -0.25) is 5.41 Å². The minimum Gasteiger partial charge on any atom is -0.457 e. The fourth-order valence-corrected chi connectivity index (χ4v) is 5.32. The fourth-order valence-electron chi connectivity index (χ4n) is 5.32. The SMILES string of the molecule is CC(C)(C)OC(=O)N1CC2(CCC(Nc3ncnc(N)c3C(=N)c3ccc(Oc4ccccc4)cc3)CC2)C1. The lowest BCUT2D eigenvalue weighted by Crippen LogP contribution is -2.60. The van der Waals surface area contributed by atoms with Crippen LogP contribution in [-0.2, 0) is 4.74 Å². The summed E-state index contributed by atoms with van der Waals surface area (Å²) in [5.41, 5.74) is 7.38. The van der Waals surface area contributed by atoms with E-state index in [9.17, 15) is 4.79 Å². The average Bonchev–Trinajstić information content (AvgIpc) is 2.88. The predicted octanol–water partition coefficient (Wildman–Crippen LogP) is 5.86. The van der Waals surface area contributed by atoms with Crippen LogP contribution in [0.1, 0.15) is 57.6 Å². The summed E-state index contributed by atoms with van der Waals surface area (Å²) in [5.74, 6) is 2.27. The quantitative estimate of drug-likeness (QED) is 0.342. The molecular formula is C30H36N6O3. The van der Waals surface area contributed by atoms with E-state index in [1.807, 2.05) is 75.4 Å². The number of likely N-dealkylation sites (tertiary alicyclic amines) is 1. The second kappa shape index (κ2) is 10.6. The Morgan fingerprint density at radius 1 is 1.03 bits per heavy atom. The topological polar surface area (TPSA) is 126 Å². The fraction of sp³-hybridized carbons (Fsp3) is 0.400. The van der Waals surface area contributed by atoms with Gasteiger partial charge in [-0.15, -0.1) is 0 Å². The average molecular weight is 529 g/mol. The van der Waals surface area contributed by atoms with E-state index in [-0.39, 0.29) is 29.1 Å². The van der Waals surface area contributed by atoms with Gasteiger partial charge in [-0.05, 0) is 82.9 Å². The zero-order valence-electron chi connectivity index (χ0n) is 22.7. The molecule has 9 heteroatoms. The highest BCUT2D eigenvalue weighted by molar-refractivity contribution is 6.16. The van der Waals surface area contributed by atoms with Crippen LogP contribution in [0.2, 0.25) is 0 Å². The van der Waals surface area contributed by atoms with Crippen molar-refractivity contribution in [2.75, 3.05) is 24.1 Å². The number of aromatic nitrogens is 2. The third kappa shape index (κ3) is 6.13. The van der Waals surface area contributed by atoms with Crippen molar-refractivity contribution in [3.63, 3.8) is 0 Å². The Labute approximate surface area is 229 Å². The molecule has 1 saturated carbocycles. The van der Waals surface area contributed by atoms with E-state index in [0.29, 0.717) is 22.7 Å². The molecule has 2 aliphatic rings. The first-order valence-corrected chi connectivity index (χ1v) is 13.4. The highest BCUT2D eigenvalue weighted by Gasteiger charge is 2.48. The van der Waals surface area contributed by atoms with E-state index in [2.05, 4.69) is 15.3 Å². The van der Waals surface area contributed by atoms with Gasteiger partial charge in [-0.25, -0.2) is 14.8 Å². The Hall–Kier alpha value is -4.14. The van der Waals surface area contributed by atoms with Gasteiger partial charge in [0.2, 0.25) is 0 Å². The van der Waals surface area contributed by atoms with Crippen molar-refractivity contribution in [2.24, 2.45) is 5.41 Å². The van der Waals surface area contributed by atoms with E-state index in [4.69, 9.17) is 20.6 Å². The maximum atomic E-state index is 12.4. The highest BCUT2D eigenvalue weighted by Crippen LogP contribution is 2.45. The number of nitrogens with zero attached hydrogens (tertiary/aromatic N) is 3. The van der Waals surface area contributed by atoms with Crippen LogP contribution in [0, 0.1) is 10.8 Å². The number of carbonyl (C=O) groups excluding carboxylic acids is 1. The van der Waals surface area contributed by atoms with Crippen molar-refractivity contribution in [3.05, 3.63) is 72.1 Å². The number of rotatable bonds is 6. The molecule has 1 aliphatic carbocycles. The number of anilines is 2. The van der Waals surface area contributed by atoms with Crippen molar-refractivity contribution in [3.8, 4) is 11.5 Å². The summed E-state index contributed by atoms with van der Waals surface area (Å²) in [6, 6.07) is 17.1. The molecule has 0 unspecified atom stereocenters. The predicted molar refractivity (Wildman–Crippen MR) is 151 cm³/mol. The molecule has 1 aliphatic heterocycles. The number of hydrogen-bond acceptors (Lipinski definition) is 8. The molecule has 1 spiro atoms. The molecule has 2 heterocycles. The summed E-state index contributed by atoms with van der Waals surface area (Å²) in [4.78, 5) is 22.8. The van der Waals surface area contributed by atoms with Gasteiger partial charge in [-0.1, -0.05) is 18.2 Å². The molecule has 0 radical (unpaired) electrons. The number of benzene rings is 2. The van der Waals surface area contributed by atoms with E-state index in [1.54, 1.807) is 4.90 Å². The molecule has 2 fully saturated rings. The summed E-state index contributed by atoms with van der Waals surface area (Å²) in [6.45, 7) is 7.16. The zero-order chi connectivity index (χ0) is 27.6. The lowest BCUT2D eigenvalue weighted by molar-refractivity contribution is -0.0496. The van der Waals surface area contributed by atoms with Gasteiger partial charge in [0, 0.05) is 30.1 Å². The van der Waals surface area contributed by atoms with Gasteiger partial charge in [0.1, 0.15) is 35.1 Å².